The number of benzene rings is 2. The molecule has 0 atom stereocenters. The van der Waals surface area contributed by atoms with Gasteiger partial charge in [0.15, 0.2) is 11.6 Å². The minimum absolute atomic E-state index is 0.312. The molecule has 0 aliphatic carbocycles. The Morgan fingerprint density at radius 1 is 0.929 bits per heavy atom. The highest BCUT2D eigenvalue weighted by Gasteiger charge is 2.11. The zero-order valence-electron chi connectivity index (χ0n) is 6.82. The molecule has 0 nitrogen and oxygen atoms in total. The van der Waals surface area contributed by atoms with Gasteiger partial charge in [0.1, 0.15) is 5.82 Å². The van der Waals surface area contributed by atoms with Gasteiger partial charge in [-0.1, -0.05) is 22.0 Å². The number of rotatable bonds is 0. The van der Waals surface area contributed by atoms with E-state index in [0.717, 1.165) is 12.1 Å². The average Bonchev–Trinajstić information content (AvgIpc) is 2.10. The predicted octanol–water partition coefficient (Wildman–Crippen LogP) is 4.02. The molecule has 0 unspecified atom stereocenters. The maximum absolute atomic E-state index is 13.3. The van der Waals surface area contributed by atoms with Gasteiger partial charge in [-0.05, 0) is 23.6 Å². The minimum Gasteiger partial charge on any atom is -0.206 e. The Kier molecular flexibility index (Phi) is 2.23. The number of fused-ring (bicyclic) bond motifs is 1. The van der Waals surface area contributed by atoms with Gasteiger partial charge in [-0.3, -0.25) is 0 Å². The summed E-state index contributed by atoms with van der Waals surface area (Å²) in [5.41, 5.74) is 0. The number of halogens is 4. The lowest BCUT2D eigenvalue weighted by molar-refractivity contribution is 0.512. The summed E-state index contributed by atoms with van der Waals surface area (Å²) in [5, 5.41) is 0.0176. The molecule has 4 heteroatoms. The number of hydrogen-bond donors (Lipinski definition) is 0. The van der Waals surface area contributed by atoms with Gasteiger partial charge in [-0.25, -0.2) is 13.2 Å². The highest BCUT2D eigenvalue weighted by molar-refractivity contribution is 9.10. The predicted molar refractivity (Wildman–Crippen MR) is 51.5 cm³/mol. The van der Waals surface area contributed by atoms with Gasteiger partial charge in [0.25, 0.3) is 0 Å². The Hall–Kier alpha value is -1.03. The molecule has 0 aromatic heterocycles. The summed E-state index contributed by atoms with van der Waals surface area (Å²) in [6.45, 7) is 0. The van der Waals surface area contributed by atoms with Crippen LogP contribution in [0, 0.1) is 17.5 Å². The average molecular weight is 261 g/mol. The molecule has 2 rings (SSSR count). The van der Waals surface area contributed by atoms with Crippen LogP contribution in [0.4, 0.5) is 13.2 Å². The van der Waals surface area contributed by atoms with Crippen molar-refractivity contribution < 1.29 is 13.2 Å². The van der Waals surface area contributed by atoms with Gasteiger partial charge in [-0.2, -0.15) is 0 Å². The van der Waals surface area contributed by atoms with Crippen LogP contribution in [0.5, 0.6) is 0 Å². The first-order valence-electron chi connectivity index (χ1n) is 3.82. The van der Waals surface area contributed by atoms with E-state index in [1.54, 1.807) is 0 Å². The molecule has 0 radical (unpaired) electrons. The molecule has 2 aromatic carbocycles. The van der Waals surface area contributed by atoms with Crippen molar-refractivity contribution in [3.8, 4) is 0 Å². The summed E-state index contributed by atoms with van der Waals surface area (Å²) < 4.78 is 39.7. The standard InChI is InChI=1S/C10H4BrF3/c11-6-3-5-1-2-7(12)10(14)9(5)8(13)4-6/h1-4H. The Morgan fingerprint density at radius 2 is 1.64 bits per heavy atom. The van der Waals surface area contributed by atoms with E-state index in [4.69, 9.17) is 0 Å². The van der Waals surface area contributed by atoms with Crippen molar-refractivity contribution >= 4 is 26.7 Å². The molecule has 0 bridgehead atoms. The van der Waals surface area contributed by atoms with Gasteiger partial charge in [0.2, 0.25) is 0 Å². The highest BCUT2D eigenvalue weighted by atomic mass is 79.9. The van der Waals surface area contributed by atoms with Crippen LogP contribution in [0.15, 0.2) is 28.7 Å². The van der Waals surface area contributed by atoms with E-state index >= 15 is 0 Å². The van der Waals surface area contributed by atoms with E-state index in [1.807, 2.05) is 0 Å². The monoisotopic (exact) mass is 260 g/mol. The van der Waals surface area contributed by atoms with Crippen molar-refractivity contribution in [1.29, 1.82) is 0 Å². The van der Waals surface area contributed by atoms with Crippen molar-refractivity contribution in [2.75, 3.05) is 0 Å². The quantitative estimate of drug-likeness (QED) is 0.671. The van der Waals surface area contributed by atoms with Gasteiger partial charge in [0, 0.05) is 4.47 Å². The van der Waals surface area contributed by atoms with Crippen LogP contribution >= 0.6 is 15.9 Å². The maximum Gasteiger partial charge on any atom is 0.169 e. The molecule has 0 amide bonds. The molecule has 0 fully saturated rings. The molecular formula is C10H4BrF3. The second kappa shape index (κ2) is 3.28. The maximum atomic E-state index is 13.3. The lowest BCUT2D eigenvalue weighted by Crippen LogP contribution is -1.89. The lowest BCUT2D eigenvalue weighted by atomic mass is 10.1. The van der Waals surface area contributed by atoms with E-state index < -0.39 is 17.5 Å². The summed E-state index contributed by atoms with van der Waals surface area (Å²) in [6.07, 6.45) is 0. The molecule has 2 aromatic rings. The van der Waals surface area contributed by atoms with Crippen LogP contribution in [0.3, 0.4) is 0 Å². The van der Waals surface area contributed by atoms with Crippen molar-refractivity contribution in [2.45, 2.75) is 0 Å². The Labute approximate surface area is 86.5 Å². The van der Waals surface area contributed by atoms with Crippen LogP contribution in [-0.4, -0.2) is 0 Å². The zero-order chi connectivity index (χ0) is 10.3. The number of hydrogen-bond acceptors (Lipinski definition) is 0. The van der Waals surface area contributed by atoms with E-state index in [2.05, 4.69) is 15.9 Å². The molecule has 14 heavy (non-hydrogen) atoms. The molecule has 0 spiro atoms. The van der Waals surface area contributed by atoms with Crippen LogP contribution in [0.1, 0.15) is 0 Å². The van der Waals surface area contributed by atoms with E-state index in [9.17, 15) is 13.2 Å². The first-order valence-corrected chi connectivity index (χ1v) is 4.61. The summed E-state index contributed by atoms with van der Waals surface area (Å²) in [7, 11) is 0. The normalized spacial score (nSPS) is 10.9. The van der Waals surface area contributed by atoms with Crippen molar-refractivity contribution in [2.24, 2.45) is 0 Å². The fourth-order valence-corrected chi connectivity index (χ4v) is 1.76. The van der Waals surface area contributed by atoms with Gasteiger partial charge >= 0.3 is 0 Å². The van der Waals surface area contributed by atoms with Crippen LogP contribution in [0.25, 0.3) is 10.8 Å². The smallest absolute Gasteiger partial charge is 0.169 e. The molecule has 72 valence electrons. The third kappa shape index (κ3) is 1.39. The first kappa shape index (κ1) is 9.52. The fourth-order valence-electron chi connectivity index (χ4n) is 1.31. The van der Waals surface area contributed by atoms with Crippen LogP contribution in [0.2, 0.25) is 0 Å². The largest absolute Gasteiger partial charge is 0.206 e. The zero-order valence-corrected chi connectivity index (χ0v) is 8.41. The van der Waals surface area contributed by atoms with Gasteiger partial charge in [-0.15, -0.1) is 0 Å². The lowest BCUT2D eigenvalue weighted by Gasteiger charge is -2.02. The van der Waals surface area contributed by atoms with E-state index in [1.165, 1.54) is 12.1 Å². The molecule has 0 aliphatic rings. The topological polar surface area (TPSA) is 0 Å². The third-order valence-electron chi connectivity index (χ3n) is 1.92. The Morgan fingerprint density at radius 3 is 2.36 bits per heavy atom. The van der Waals surface area contributed by atoms with E-state index in [-0.39, 0.29) is 5.39 Å². The molecule has 0 heterocycles. The molecule has 0 aliphatic heterocycles. The van der Waals surface area contributed by atoms with E-state index in [0.29, 0.717) is 9.86 Å². The summed E-state index contributed by atoms with van der Waals surface area (Å²) in [6, 6.07) is 4.94. The second-order valence-corrected chi connectivity index (χ2v) is 3.76. The summed E-state index contributed by atoms with van der Waals surface area (Å²) in [5.74, 6) is -2.96. The highest BCUT2D eigenvalue weighted by Crippen LogP contribution is 2.26. The molecule has 0 saturated heterocycles. The summed E-state index contributed by atoms with van der Waals surface area (Å²) >= 11 is 3.07. The fraction of sp³-hybridized carbons (Fsp3) is 0. The van der Waals surface area contributed by atoms with Crippen molar-refractivity contribution in [3.05, 3.63) is 46.2 Å². The third-order valence-corrected chi connectivity index (χ3v) is 2.38. The SMILES string of the molecule is Fc1ccc2cc(Br)cc(F)c2c1F. The van der Waals surface area contributed by atoms with Crippen molar-refractivity contribution in [3.63, 3.8) is 0 Å². The summed E-state index contributed by atoms with van der Waals surface area (Å²) in [4.78, 5) is 0. The van der Waals surface area contributed by atoms with Gasteiger partial charge in [0.05, 0.1) is 5.39 Å². The molecular weight excluding hydrogens is 257 g/mol. The van der Waals surface area contributed by atoms with Gasteiger partial charge < -0.3 is 0 Å². The molecule has 0 N–H and O–H groups in total. The van der Waals surface area contributed by atoms with Crippen LogP contribution < -0.4 is 0 Å². The Bertz CT molecular complexity index is 508. The first-order chi connectivity index (χ1) is 6.59. The second-order valence-electron chi connectivity index (χ2n) is 2.85. The Balaban J connectivity index is 2.95. The molecule has 0 saturated carbocycles. The minimum atomic E-state index is -1.15. The van der Waals surface area contributed by atoms with Crippen LogP contribution in [-0.2, 0) is 0 Å². The van der Waals surface area contributed by atoms with Crippen molar-refractivity contribution in [1.82, 2.24) is 0 Å².